The maximum Gasteiger partial charge on any atom is 0.416 e. The van der Waals surface area contributed by atoms with E-state index in [2.05, 4.69) is 10.6 Å². The molecule has 2 rings (SSSR count). The summed E-state index contributed by atoms with van der Waals surface area (Å²) in [6, 6.07) is 9.61. The van der Waals surface area contributed by atoms with Crippen LogP contribution in [0, 0.1) is 19.3 Å². The molecule has 0 spiro atoms. The molecule has 0 aliphatic carbocycles. The number of hydrogen-bond acceptors (Lipinski definition) is 2. The predicted octanol–water partition coefficient (Wildman–Crippen LogP) is 4.93. The minimum atomic E-state index is -4.45. The van der Waals surface area contributed by atoms with E-state index in [0.29, 0.717) is 5.69 Å². The number of anilines is 2. The van der Waals surface area contributed by atoms with E-state index < -0.39 is 29.0 Å². The van der Waals surface area contributed by atoms with Crippen LogP contribution in [0.25, 0.3) is 0 Å². The van der Waals surface area contributed by atoms with Crippen LogP contribution in [-0.4, -0.2) is 11.8 Å². The van der Waals surface area contributed by atoms with Crippen molar-refractivity contribution in [1.29, 1.82) is 0 Å². The first kappa shape index (κ1) is 20.5. The number of rotatable bonds is 4. The Hall–Kier alpha value is -2.83. The van der Waals surface area contributed by atoms with Gasteiger partial charge >= 0.3 is 6.18 Å². The van der Waals surface area contributed by atoms with Gasteiger partial charge in [-0.15, -0.1) is 0 Å². The van der Waals surface area contributed by atoms with Crippen molar-refractivity contribution >= 4 is 23.2 Å². The summed E-state index contributed by atoms with van der Waals surface area (Å²) in [5, 5.41) is 5.26. The highest BCUT2D eigenvalue weighted by atomic mass is 19.4. The molecule has 0 aliphatic rings. The Labute approximate surface area is 155 Å². The van der Waals surface area contributed by atoms with Crippen molar-refractivity contribution in [2.75, 3.05) is 10.6 Å². The largest absolute Gasteiger partial charge is 0.416 e. The summed E-state index contributed by atoms with van der Waals surface area (Å²) in [5.41, 5.74) is 0.299. The maximum absolute atomic E-state index is 12.6. The minimum absolute atomic E-state index is 0.181. The van der Waals surface area contributed by atoms with Crippen LogP contribution in [0.3, 0.4) is 0 Å². The molecule has 0 fully saturated rings. The topological polar surface area (TPSA) is 58.2 Å². The Kier molecular flexibility index (Phi) is 5.63. The molecule has 0 atom stereocenters. The van der Waals surface area contributed by atoms with Crippen molar-refractivity contribution in [3.63, 3.8) is 0 Å². The second kappa shape index (κ2) is 7.42. The van der Waals surface area contributed by atoms with Crippen molar-refractivity contribution in [3.8, 4) is 0 Å². The molecule has 2 aromatic carbocycles. The summed E-state index contributed by atoms with van der Waals surface area (Å²) < 4.78 is 37.8. The monoisotopic (exact) mass is 378 g/mol. The average molecular weight is 378 g/mol. The van der Waals surface area contributed by atoms with Gasteiger partial charge in [-0.05, 0) is 63.1 Å². The third-order valence-corrected chi connectivity index (χ3v) is 4.33. The number of benzene rings is 2. The van der Waals surface area contributed by atoms with E-state index >= 15 is 0 Å². The van der Waals surface area contributed by atoms with Crippen LogP contribution in [0.5, 0.6) is 0 Å². The molecule has 0 heterocycles. The normalized spacial score (nSPS) is 11.8. The zero-order chi connectivity index (χ0) is 20.4. The summed E-state index contributed by atoms with van der Waals surface area (Å²) in [6.45, 7) is 6.60. The molecule has 0 saturated carbocycles. The number of aryl methyl sites for hydroxylation is 2. The van der Waals surface area contributed by atoms with Gasteiger partial charge in [-0.2, -0.15) is 13.2 Å². The first-order valence-electron chi connectivity index (χ1n) is 8.29. The number of hydrogen-bond donors (Lipinski definition) is 2. The number of alkyl halides is 3. The van der Waals surface area contributed by atoms with E-state index in [1.165, 1.54) is 13.8 Å². The van der Waals surface area contributed by atoms with Crippen molar-refractivity contribution in [3.05, 3.63) is 59.2 Å². The Balaban J connectivity index is 2.13. The molecule has 0 saturated heterocycles. The predicted molar refractivity (Wildman–Crippen MR) is 98.4 cm³/mol. The van der Waals surface area contributed by atoms with E-state index in [1.54, 1.807) is 0 Å². The quantitative estimate of drug-likeness (QED) is 0.742. The van der Waals surface area contributed by atoms with Crippen molar-refractivity contribution in [1.82, 2.24) is 0 Å². The highest BCUT2D eigenvalue weighted by Gasteiger charge is 2.37. The van der Waals surface area contributed by atoms with Gasteiger partial charge in [0.25, 0.3) is 0 Å². The second-order valence-corrected chi connectivity index (χ2v) is 6.88. The Bertz CT molecular complexity index is 836. The zero-order valence-electron chi connectivity index (χ0n) is 15.5. The van der Waals surface area contributed by atoms with Crippen LogP contribution in [-0.2, 0) is 15.8 Å². The summed E-state index contributed by atoms with van der Waals surface area (Å²) in [7, 11) is 0. The van der Waals surface area contributed by atoms with Gasteiger partial charge in [-0.25, -0.2) is 0 Å². The molecule has 4 nitrogen and oxygen atoms in total. The fraction of sp³-hybridized carbons (Fsp3) is 0.300. The Morgan fingerprint density at radius 3 is 1.78 bits per heavy atom. The number of nitrogens with one attached hydrogen (secondary N) is 2. The fourth-order valence-corrected chi connectivity index (χ4v) is 2.41. The van der Waals surface area contributed by atoms with E-state index in [1.807, 2.05) is 32.0 Å². The van der Waals surface area contributed by atoms with Crippen molar-refractivity contribution in [2.24, 2.45) is 5.41 Å². The number of amides is 2. The lowest BCUT2D eigenvalue weighted by atomic mass is 9.90. The second-order valence-electron chi connectivity index (χ2n) is 6.88. The van der Waals surface area contributed by atoms with E-state index in [9.17, 15) is 22.8 Å². The Morgan fingerprint density at radius 2 is 1.30 bits per heavy atom. The van der Waals surface area contributed by atoms with Crippen LogP contribution >= 0.6 is 0 Å². The van der Waals surface area contributed by atoms with Crippen LogP contribution in [0.1, 0.15) is 30.5 Å². The van der Waals surface area contributed by atoms with E-state index in [0.717, 1.165) is 35.4 Å². The summed E-state index contributed by atoms with van der Waals surface area (Å²) >= 11 is 0. The third kappa shape index (κ3) is 4.67. The molecular weight excluding hydrogens is 357 g/mol. The van der Waals surface area contributed by atoms with Gasteiger partial charge in [0.2, 0.25) is 11.8 Å². The summed E-state index contributed by atoms with van der Waals surface area (Å²) in [5.74, 6) is -1.13. The number of para-hydroxylation sites is 1. The molecule has 2 aromatic rings. The molecule has 0 bridgehead atoms. The smallest absolute Gasteiger partial charge is 0.325 e. The zero-order valence-corrected chi connectivity index (χ0v) is 15.5. The average Bonchev–Trinajstić information content (AvgIpc) is 2.57. The van der Waals surface area contributed by atoms with Gasteiger partial charge in [-0.3, -0.25) is 9.59 Å². The fourth-order valence-electron chi connectivity index (χ4n) is 2.41. The van der Waals surface area contributed by atoms with Crippen LogP contribution in [0.2, 0.25) is 0 Å². The number of carbonyl (C=O) groups is 2. The molecule has 0 radical (unpaired) electrons. The maximum atomic E-state index is 12.6. The van der Waals surface area contributed by atoms with E-state index in [-0.39, 0.29) is 5.69 Å². The molecule has 2 N–H and O–H groups in total. The first-order valence-corrected chi connectivity index (χ1v) is 8.29. The number of carbonyl (C=O) groups excluding carboxylic acids is 2. The molecular formula is C20H21F3N2O2. The third-order valence-electron chi connectivity index (χ3n) is 4.33. The van der Waals surface area contributed by atoms with Gasteiger partial charge in [0, 0.05) is 11.4 Å². The van der Waals surface area contributed by atoms with Crippen LogP contribution in [0.4, 0.5) is 24.5 Å². The molecule has 0 unspecified atom stereocenters. The van der Waals surface area contributed by atoms with Gasteiger partial charge in [0.1, 0.15) is 5.41 Å². The Morgan fingerprint density at radius 1 is 0.815 bits per heavy atom. The minimum Gasteiger partial charge on any atom is -0.325 e. The van der Waals surface area contributed by atoms with Crippen LogP contribution < -0.4 is 10.6 Å². The SMILES string of the molecule is Cc1cccc(C)c1NC(=O)C(C)(C)C(=O)Nc1ccc(C(F)(F)F)cc1. The molecule has 144 valence electrons. The lowest BCUT2D eigenvalue weighted by Gasteiger charge is -2.24. The summed E-state index contributed by atoms with van der Waals surface area (Å²) in [6.07, 6.45) is -4.45. The highest BCUT2D eigenvalue weighted by molar-refractivity contribution is 6.14. The molecule has 0 aromatic heterocycles. The van der Waals surface area contributed by atoms with Gasteiger partial charge in [-0.1, -0.05) is 18.2 Å². The standard InChI is InChI=1S/C20H21F3N2O2/c1-12-6-5-7-13(2)16(12)25-18(27)19(3,4)17(26)24-15-10-8-14(9-11-15)20(21,22)23/h5-11H,1-4H3,(H,24,26)(H,25,27). The first-order chi connectivity index (χ1) is 12.4. The number of halogens is 3. The summed E-state index contributed by atoms with van der Waals surface area (Å²) in [4.78, 5) is 25.2. The van der Waals surface area contributed by atoms with Crippen molar-refractivity contribution < 1.29 is 22.8 Å². The lowest BCUT2D eigenvalue weighted by molar-refractivity contribution is -0.137. The lowest BCUT2D eigenvalue weighted by Crippen LogP contribution is -2.41. The molecule has 0 aliphatic heterocycles. The van der Waals surface area contributed by atoms with Crippen LogP contribution in [0.15, 0.2) is 42.5 Å². The molecule has 7 heteroatoms. The van der Waals surface area contributed by atoms with Gasteiger partial charge in [0.05, 0.1) is 5.56 Å². The molecule has 2 amide bonds. The highest BCUT2D eigenvalue weighted by Crippen LogP contribution is 2.30. The van der Waals surface area contributed by atoms with Gasteiger partial charge < -0.3 is 10.6 Å². The van der Waals surface area contributed by atoms with E-state index in [4.69, 9.17) is 0 Å². The molecule has 27 heavy (non-hydrogen) atoms. The van der Waals surface area contributed by atoms with Crippen molar-refractivity contribution in [2.45, 2.75) is 33.9 Å². The van der Waals surface area contributed by atoms with Gasteiger partial charge in [0.15, 0.2) is 0 Å².